The SMILES string of the molecule is C[C@@H]1C(=O)N(OCCl)C1(C)C. The first kappa shape index (κ1) is 8.81. The van der Waals surface area contributed by atoms with Crippen molar-refractivity contribution in [3.8, 4) is 0 Å². The van der Waals surface area contributed by atoms with E-state index in [1.165, 1.54) is 5.06 Å². The fraction of sp³-hybridized carbons (Fsp3) is 0.857. The zero-order chi connectivity index (χ0) is 8.65. The van der Waals surface area contributed by atoms with Gasteiger partial charge in [0.2, 0.25) is 0 Å². The minimum atomic E-state index is -0.202. The van der Waals surface area contributed by atoms with Gasteiger partial charge in [0.15, 0.2) is 0 Å². The lowest BCUT2D eigenvalue weighted by atomic mass is 9.80. The van der Waals surface area contributed by atoms with Gasteiger partial charge in [-0.15, -0.1) is 0 Å². The van der Waals surface area contributed by atoms with Gasteiger partial charge in [0, 0.05) is 0 Å². The van der Waals surface area contributed by atoms with Crippen LogP contribution in [0.15, 0.2) is 0 Å². The van der Waals surface area contributed by atoms with Gasteiger partial charge in [0.25, 0.3) is 5.91 Å². The summed E-state index contributed by atoms with van der Waals surface area (Å²) in [6.45, 7) is 5.79. The molecule has 1 saturated heterocycles. The van der Waals surface area contributed by atoms with Crippen LogP contribution in [0.4, 0.5) is 0 Å². The van der Waals surface area contributed by atoms with E-state index < -0.39 is 0 Å². The average molecular weight is 178 g/mol. The molecule has 64 valence electrons. The topological polar surface area (TPSA) is 29.5 Å². The smallest absolute Gasteiger partial charge is 0.251 e. The number of carbonyl (C=O) groups is 1. The standard InChI is InChI=1S/C7H12ClNO2/c1-5-6(10)9(11-4-8)7(5,2)3/h5H,4H2,1-3H3/t5-/m1/s1. The van der Waals surface area contributed by atoms with Crippen molar-refractivity contribution < 1.29 is 9.63 Å². The summed E-state index contributed by atoms with van der Waals surface area (Å²) >= 11 is 5.33. The number of hydrogen-bond acceptors (Lipinski definition) is 2. The molecule has 1 atom stereocenters. The quantitative estimate of drug-likeness (QED) is 0.471. The first-order valence-electron chi connectivity index (χ1n) is 3.54. The molecule has 11 heavy (non-hydrogen) atoms. The normalized spacial score (nSPS) is 28.5. The Bertz CT molecular complexity index is 181. The van der Waals surface area contributed by atoms with Crippen LogP contribution in [0.5, 0.6) is 0 Å². The number of alkyl halides is 1. The van der Waals surface area contributed by atoms with E-state index in [1.807, 2.05) is 20.8 Å². The molecule has 0 N–H and O–H groups in total. The number of carbonyl (C=O) groups excluding carboxylic acids is 1. The Morgan fingerprint density at radius 2 is 2.27 bits per heavy atom. The predicted octanol–water partition coefficient (Wildman–Crippen LogP) is 1.37. The van der Waals surface area contributed by atoms with Crippen LogP contribution >= 0.6 is 11.6 Å². The highest BCUT2D eigenvalue weighted by molar-refractivity contribution is 6.17. The number of amides is 1. The summed E-state index contributed by atoms with van der Waals surface area (Å²) in [7, 11) is 0. The number of β-lactam (4-membered cyclic amide) rings is 1. The van der Waals surface area contributed by atoms with Gasteiger partial charge in [-0.1, -0.05) is 18.5 Å². The van der Waals surface area contributed by atoms with Gasteiger partial charge in [-0.2, -0.15) is 0 Å². The molecule has 0 aromatic rings. The average Bonchev–Trinajstić information content (AvgIpc) is 1.98. The maximum atomic E-state index is 11.1. The van der Waals surface area contributed by atoms with E-state index in [0.717, 1.165) is 0 Å². The summed E-state index contributed by atoms with van der Waals surface area (Å²) in [6, 6.07) is 0.0297. The summed E-state index contributed by atoms with van der Waals surface area (Å²) in [6.07, 6.45) is 0. The van der Waals surface area contributed by atoms with Crippen LogP contribution in [0, 0.1) is 5.92 Å². The third-order valence-corrected chi connectivity index (χ3v) is 2.43. The van der Waals surface area contributed by atoms with E-state index in [2.05, 4.69) is 0 Å². The van der Waals surface area contributed by atoms with E-state index in [0.29, 0.717) is 0 Å². The van der Waals surface area contributed by atoms with Crippen LogP contribution in [0.2, 0.25) is 0 Å². The van der Waals surface area contributed by atoms with Gasteiger partial charge in [0.1, 0.15) is 6.07 Å². The molecular formula is C7H12ClNO2. The maximum Gasteiger partial charge on any atom is 0.251 e. The van der Waals surface area contributed by atoms with Crippen molar-refractivity contribution >= 4 is 17.5 Å². The number of halogens is 1. The molecule has 1 rings (SSSR count). The second-order valence-electron chi connectivity index (χ2n) is 3.25. The Morgan fingerprint density at radius 1 is 1.73 bits per heavy atom. The molecule has 1 fully saturated rings. The highest BCUT2D eigenvalue weighted by Gasteiger charge is 2.52. The van der Waals surface area contributed by atoms with Crippen LogP contribution in [0.3, 0.4) is 0 Å². The number of hydrogen-bond donors (Lipinski definition) is 0. The van der Waals surface area contributed by atoms with E-state index in [4.69, 9.17) is 16.4 Å². The molecule has 1 heterocycles. The number of hydroxylamine groups is 2. The highest BCUT2D eigenvalue weighted by atomic mass is 35.5. The second kappa shape index (κ2) is 2.64. The molecular weight excluding hydrogens is 166 g/mol. The second-order valence-corrected chi connectivity index (χ2v) is 3.46. The Kier molecular flexibility index (Phi) is 2.12. The molecule has 0 spiro atoms. The molecule has 3 nitrogen and oxygen atoms in total. The number of rotatable bonds is 2. The molecule has 0 aliphatic carbocycles. The van der Waals surface area contributed by atoms with E-state index in [-0.39, 0.29) is 23.4 Å². The first-order valence-corrected chi connectivity index (χ1v) is 4.08. The van der Waals surface area contributed by atoms with Gasteiger partial charge in [0.05, 0.1) is 11.5 Å². The van der Waals surface area contributed by atoms with Gasteiger partial charge in [-0.25, -0.2) is 5.06 Å². The van der Waals surface area contributed by atoms with Crippen molar-refractivity contribution in [2.24, 2.45) is 5.92 Å². The van der Waals surface area contributed by atoms with Crippen molar-refractivity contribution in [2.45, 2.75) is 26.3 Å². The van der Waals surface area contributed by atoms with Gasteiger partial charge in [-0.3, -0.25) is 9.63 Å². The zero-order valence-electron chi connectivity index (χ0n) is 6.93. The maximum absolute atomic E-state index is 11.1. The molecule has 1 amide bonds. The molecule has 0 unspecified atom stereocenters. The van der Waals surface area contributed by atoms with Crippen LogP contribution in [0.25, 0.3) is 0 Å². The van der Waals surface area contributed by atoms with E-state index in [9.17, 15) is 4.79 Å². The van der Waals surface area contributed by atoms with E-state index >= 15 is 0 Å². The molecule has 0 radical (unpaired) electrons. The Morgan fingerprint density at radius 3 is 2.64 bits per heavy atom. The zero-order valence-corrected chi connectivity index (χ0v) is 7.68. The van der Waals surface area contributed by atoms with Gasteiger partial charge >= 0.3 is 0 Å². The third-order valence-electron chi connectivity index (χ3n) is 2.33. The third kappa shape index (κ3) is 1.12. The molecule has 4 heteroatoms. The molecule has 1 aliphatic heterocycles. The van der Waals surface area contributed by atoms with Crippen molar-refractivity contribution in [3.05, 3.63) is 0 Å². The van der Waals surface area contributed by atoms with Gasteiger partial charge < -0.3 is 0 Å². The van der Waals surface area contributed by atoms with Crippen LogP contribution in [-0.4, -0.2) is 22.6 Å². The summed E-state index contributed by atoms with van der Waals surface area (Å²) in [5.41, 5.74) is -0.202. The van der Waals surface area contributed by atoms with Crippen molar-refractivity contribution in [2.75, 3.05) is 6.07 Å². The largest absolute Gasteiger partial charge is 0.272 e. The minimum absolute atomic E-state index is 0.00986. The summed E-state index contributed by atoms with van der Waals surface area (Å²) < 4.78 is 0. The molecule has 1 aliphatic rings. The Balaban J connectivity index is 2.61. The van der Waals surface area contributed by atoms with E-state index in [1.54, 1.807) is 0 Å². The predicted molar refractivity (Wildman–Crippen MR) is 41.9 cm³/mol. The Labute approximate surface area is 71.2 Å². The van der Waals surface area contributed by atoms with Crippen molar-refractivity contribution in [1.29, 1.82) is 0 Å². The fourth-order valence-electron chi connectivity index (χ4n) is 1.15. The molecule has 0 saturated carbocycles. The molecule has 0 bridgehead atoms. The van der Waals surface area contributed by atoms with Crippen molar-refractivity contribution in [3.63, 3.8) is 0 Å². The lowest BCUT2D eigenvalue weighted by Crippen LogP contribution is -2.66. The van der Waals surface area contributed by atoms with Crippen LogP contribution in [-0.2, 0) is 9.63 Å². The molecule has 0 aromatic heterocycles. The van der Waals surface area contributed by atoms with Crippen molar-refractivity contribution in [1.82, 2.24) is 5.06 Å². The van der Waals surface area contributed by atoms with Gasteiger partial charge in [-0.05, 0) is 13.8 Å². The fourth-order valence-corrected chi connectivity index (χ4v) is 1.25. The first-order chi connectivity index (χ1) is 5.01. The summed E-state index contributed by atoms with van der Waals surface area (Å²) in [5, 5.41) is 1.34. The van der Waals surface area contributed by atoms with Crippen LogP contribution in [0.1, 0.15) is 20.8 Å². The lowest BCUT2D eigenvalue weighted by molar-refractivity contribution is -0.257. The monoisotopic (exact) mass is 177 g/mol. The Hall–Kier alpha value is -0.280. The minimum Gasteiger partial charge on any atom is -0.272 e. The lowest BCUT2D eigenvalue weighted by Gasteiger charge is -2.50. The molecule has 0 aromatic carbocycles. The van der Waals surface area contributed by atoms with Crippen LogP contribution < -0.4 is 0 Å². The highest BCUT2D eigenvalue weighted by Crippen LogP contribution is 2.36. The number of nitrogens with zero attached hydrogens (tertiary/aromatic N) is 1. The summed E-state index contributed by atoms with van der Waals surface area (Å²) in [5.74, 6) is 0.0429. The summed E-state index contributed by atoms with van der Waals surface area (Å²) in [4.78, 5) is 16.0.